The second kappa shape index (κ2) is 6.26. The summed E-state index contributed by atoms with van der Waals surface area (Å²) in [4.78, 5) is 4.40. The third-order valence-electron chi connectivity index (χ3n) is 2.21. The van der Waals surface area contributed by atoms with E-state index in [1.807, 2.05) is 12.4 Å². The molecule has 1 heterocycles. The highest BCUT2D eigenvalue weighted by atomic mass is 79.9. The summed E-state index contributed by atoms with van der Waals surface area (Å²) in [6, 6.07) is 4.57. The number of nitrogens with one attached hydrogen (secondary N) is 1. The summed E-state index contributed by atoms with van der Waals surface area (Å²) in [7, 11) is 1.88. The maximum atomic E-state index is 13.0. The van der Waals surface area contributed by atoms with Crippen molar-refractivity contribution in [2.75, 3.05) is 7.05 Å². The maximum absolute atomic E-state index is 13.0. The summed E-state index contributed by atoms with van der Waals surface area (Å²) in [5.74, 6) is 0.318. The van der Waals surface area contributed by atoms with Crippen LogP contribution < -0.4 is 10.1 Å². The average molecular weight is 331 g/mol. The highest BCUT2D eigenvalue weighted by Gasteiger charge is 2.04. The van der Waals surface area contributed by atoms with Gasteiger partial charge >= 0.3 is 0 Å². The van der Waals surface area contributed by atoms with E-state index in [2.05, 4.69) is 26.2 Å². The van der Waals surface area contributed by atoms with E-state index in [0.29, 0.717) is 16.8 Å². The molecule has 3 nitrogen and oxygen atoms in total. The van der Waals surface area contributed by atoms with Gasteiger partial charge in [-0.3, -0.25) is 0 Å². The van der Waals surface area contributed by atoms with Crippen LogP contribution in [0.3, 0.4) is 0 Å². The highest BCUT2D eigenvalue weighted by Crippen LogP contribution is 2.22. The van der Waals surface area contributed by atoms with Crippen LogP contribution >= 0.6 is 27.3 Å². The van der Waals surface area contributed by atoms with Crippen molar-refractivity contribution in [2.24, 2.45) is 0 Å². The molecule has 0 radical (unpaired) electrons. The molecule has 0 bridgehead atoms. The average Bonchev–Trinajstić information content (AvgIpc) is 2.79. The van der Waals surface area contributed by atoms with Gasteiger partial charge in [0, 0.05) is 11.9 Å². The van der Waals surface area contributed by atoms with Crippen molar-refractivity contribution in [3.63, 3.8) is 0 Å². The molecule has 0 saturated heterocycles. The molecule has 2 aromatic rings. The van der Waals surface area contributed by atoms with E-state index in [9.17, 15) is 4.39 Å². The lowest BCUT2D eigenvalue weighted by Gasteiger charge is -2.04. The van der Waals surface area contributed by atoms with E-state index in [1.165, 1.54) is 6.07 Å². The Kier molecular flexibility index (Phi) is 4.68. The summed E-state index contributed by atoms with van der Waals surface area (Å²) < 4.78 is 19.0. The second-order valence-corrected chi connectivity index (χ2v) is 5.42. The Balaban J connectivity index is 1.95. The van der Waals surface area contributed by atoms with Gasteiger partial charge in [0.2, 0.25) is 0 Å². The third kappa shape index (κ3) is 3.51. The largest absolute Gasteiger partial charge is 0.487 e. The van der Waals surface area contributed by atoms with Gasteiger partial charge in [0.1, 0.15) is 23.2 Å². The summed E-state index contributed by atoms with van der Waals surface area (Å²) in [5.41, 5.74) is 0.880. The monoisotopic (exact) mass is 330 g/mol. The zero-order valence-electron chi connectivity index (χ0n) is 9.74. The SMILES string of the molecule is CNCc1nc(COc2ccc(F)c(Br)c2)cs1. The quantitative estimate of drug-likeness (QED) is 0.912. The third-order valence-corrected chi connectivity index (χ3v) is 3.71. The Morgan fingerprint density at radius 1 is 1.50 bits per heavy atom. The van der Waals surface area contributed by atoms with Crippen LogP contribution in [0.4, 0.5) is 4.39 Å². The van der Waals surface area contributed by atoms with E-state index in [4.69, 9.17) is 4.74 Å². The number of rotatable bonds is 5. The van der Waals surface area contributed by atoms with Gasteiger partial charge < -0.3 is 10.1 Å². The fourth-order valence-corrected chi connectivity index (χ4v) is 2.52. The van der Waals surface area contributed by atoms with Gasteiger partial charge in [-0.05, 0) is 41.2 Å². The van der Waals surface area contributed by atoms with Gasteiger partial charge in [-0.15, -0.1) is 11.3 Å². The lowest BCUT2D eigenvalue weighted by Crippen LogP contribution is -2.05. The first-order valence-corrected chi connectivity index (χ1v) is 7.02. The maximum Gasteiger partial charge on any atom is 0.137 e. The minimum atomic E-state index is -0.299. The molecule has 0 aliphatic rings. The lowest BCUT2D eigenvalue weighted by molar-refractivity contribution is 0.301. The molecule has 0 saturated carbocycles. The van der Waals surface area contributed by atoms with Crippen molar-refractivity contribution in [3.8, 4) is 5.75 Å². The van der Waals surface area contributed by atoms with E-state index >= 15 is 0 Å². The second-order valence-electron chi connectivity index (χ2n) is 3.63. The molecule has 1 aromatic carbocycles. The van der Waals surface area contributed by atoms with Gasteiger partial charge in [-0.1, -0.05) is 0 Å². The van der Waals surface area contributed by atoms with E-state index < -0.39 is 0 Å². The van der Waals surface area contributed by atoms with Crippen LogP contribution in [0.5, 0.6) is 5.75 Å². The molecule has 1 N–H and O–H groups in total. The molecule has 2 rings (SSSR count). The van der Waals surface area contributed by atoms with Crippen molar-refractivity contribution in [1.82, 2.24) is 10.3 Å². The van der Waals surface area contributed by atoms with Crippen LogP contribution in [-0.2, 0) is 13.2 Å². The zero-order chi connectivity index (χ0) is 13.0. The Labute approximate surface area is 117 Å². The first-order valence-electron chi connectivity index (χ1n) is 5.35. The van der Waals surface area contributed by atoms with Crippen LogP contribution in [0.2, 0.25) is 0 Å². The zero-order valence-corrected chi connectivity index (χ0v) is 12.1. The first kappa shape index (κ1) is 13.5. The molecule has 0 fully saturated rings. The Morgan fingerprint density at radius 2 is 2.33 bits per heavy atom. The van der Waals surface area contributed by atoms with Crippen LogP contribution in [0.1, 0.15) is 10.7 Å². The number of benzene rings is 1. The van der Waals surface area contributed by atoms with E-state index in [1.54, 1.807) is 23.5 Å². The fourth-order valence-electron chi connectivity index (χ4n) is 1.37. The molecular weight excluding hydrogens is 319 g/mol. The normalized spacial score (nSPS) is 10.6. The smallest absolute Gasteiger partial charge is 0.137 e. The number of ether oxygens (including phenoxy) is 1. The predicted octanol–water partition coefficient (Wildman–Crippen LogP) is 3.34. The van der Waals surface area contributed by atoms with Crippen LogP contribution in [-0.4, -0.2) is 12.0 Å². The molecule has 0 aliphatic carbocycles. The van der Waals surface area contributed by atoms with Crippen molar-refractivity contribution >= 4 is 27.3 Å². The molecule has 18 heavy (non-hydrogen) atoms. The lowest BCUT2D eigenvalue weighted by atomic mass is 10.3. The number of nitrogens with zero attached hydrogens (tertiary/aromatic N) is 1. The van der Waals surface area contributed by atoms with Gasteiger partial charge in [-0.2, -0.15) is 0 Å². The van der Waals surface area contributed by atoms with Crippen molar-refractivity contribution < 1.29 is 9.13 Å². The molecular formula is C12H12BrFN2OS. The van der Waals surface area contributed by atoms with Crippen LogP contribution in [0.15, 0.2) is 28.1 Å². The van der Waals surface area contributed by atoms with Crippen molar-refractivity contribution in [3.05, 3.63) is 44.6 Å². The highest BCUT2D eigenvalue weighted by molar-refractivity contribution is 9.10. The van der Waals surface area contributed by atoms with Gasteiger partial charge in [0.15, 0.2) is 0 Å². The number of thiazole rings is 1. The molecule has 0 atom stereocenters. The summed E-state index contributed by atoms with van der Waals surface area (Å²) in [6.45, 7) is 1.14. The number of halogens is 2. The molecule has 0 unspecified atom stereocenters. The molecule has 1 aromatic heterocycles. The van der Waals surface area contributed by atoms with Gasteiger partial charge in [0.25, 0.3) is 0 Å². The van der Waals surface area contributed by atoms with E-state index in [0.717, 1.165) is 17.2 Å². The van der Waals surface area contributed by atoms with Crippen LogP contribution in [0, 0.1) is 5.82 Å². The Bertz CT molecular complexity index is 533. The summed E-state index contributed by atoms with van der Waals surface area (Å²) >= 11 is 4.71. The minimum absolute atomic E-state index is 0.299. The Morgan fingerprint density at radius 3 is 3.06 bits per heavy atom. The van der Waals surface area contributed by atoms with Crippen molar-refractivity contribution in [1.29, 1.82) is 0 Å². The number of hydrogen-bond donors (Lipinski definition) is 1. The van der Waals surface area contributed by atoms with E-state index in [-0.39, 0.29) is 5.82 Å². The standard InChI is InChI=1S/C12H12BrFN2OS/c1-15-5-12-16-8(7-18-12)6-17-9-2-3-11(14)10(13)4-9/h2-4,7,15H,5-6H2,1H3. The molecule has 0 amide bonds. The molecule has 0 aliphatic heterocycles. The predicted molar refractivity (Wildman–Crippen MR) is 73.3 cm³/mol. The molecule has 96 valence electrons. The summed E-state index contributed by atoms with van der Waals surface area (Å²) in [5, 5.41) is 6.03. The summed E-state index contributed by atoms with van der Waals surface area (Å²) in [6.07, 6.45) is 0. The molecule has 0 spiro atoms. The van der Waals surface area contributed by atoms with Crippen LogP contribution in [0.25, 0.3) is 0 Å². The number of hydrogen-bond acceptors (Lipinski definition) is 4. The molecule has 6 heteroatoms. The Hall–Kier alpha value is -0.980. The minimum Gasteiger partial charge on any atom is -0.487 e. The van der Waals surface area contributed by atoms with Gasteiger partial charge in [-0.25, -0.2) is 9.37 Å². The number of aromatic nitrogens is 1. The van der Waals surface area contributed by atoms with Gasteiger partial charge in [0.05, 0.1) is 10.2 Å². The van der Waals surface area contributed by atoms with Crippen molar-refractivity contribution in [2.45, 2.75) is 13.2 Å². The fraction of sp³-hybridized carbons (Fsp3) is 0.250. The topological polar surface area (TPSA) is 34.2 Å². The first-order chi connectivity index (χ1) is 8.69.